The number of hydrogen-bond donors (Lipinski definition) is 1. The minimum absolute atomic E-state index is 0.129. The molecular formula is C19H24N4O2. The molecule has 6 heteroatoms. The molecule has 1 saturated heterocycles. The Morgan fingerprint density at radius 3 is 3.00 bits per heavy atom. The lowest BCUT2D eigenvalue weighted by Crippen LogP contribution is -2.31. The lowest BCUT2D eigenvalue weighted by molar-refractivity contribution is 0.0983. The molecule has 1 unspecified atom stereocenters. The minimum Gasteiger partial charge on any atom is -0.376 e. The van der Waals surface area contributed by atoms with Crippen LogP contribution in [0.4, 0.5) is 11.6 Å². The minimum atomic E-state index is -0.129. The monoisotopic (exact) mass is 340 g/mol. The van der Waals surface area contributed by atoms with Crippen LogP contribution in [-0.4, -0.2) is 41.7 Å². The van der Waals surface area contributed by atoms with Gasteiger partial charge in [-0.25, -0.2) is 9.97 Å². The lowest BCUT2D eigenvalue weighted by atomic mass is 10.2. The van der Waals surface area contributed by atoms with Crippen LogP contribution in [0.25, 0.3) is 0 Å². The molecule has 0 radical (unpaired) electrons. The number of hydrogen-bond acceptors (Lipinski definition) is 5. The number of amides is 1. The van der Waals surface area contributed by atoms with Crippen LogP contribution >= 0.6 is 0 Å². The molecule has 0 spiro atoms. The van der Waals surface area contributed by atoms with Crippen molar-refractivity contribution in [1.29, 1.82) is 0 Å². The molecule has 6 nitrogen and oxygen atoms in total. The molecule has 25 heavy (non-hydrogen) atoms. The van der Waals surface area contributed by atoms with Gasteiger partial charge in [-0.1, -0.05) is 12.1 Å². The summed E-state index contributed by atoms with van der Waals surface area (Å²) in [5.74, 6) is 0.331. The fourth-order valence-electron chi connectivity index (χ4n) is 2.95. The van der Waals surface area contributed by atoms with E-state index in [9.17, 15) is 4.79 Å². The molecule has 132 valence electrons. The van der Waals surface area contributed by atoms with Crippen LogP contribution in [0.5, 0.6) is 0 Å². The van der Waals surface area contributed by atoms with E-state index in [1.807, 2.05) is 38.1 Å². The Bertz CT molecular complexity index is 729. The van der Waals surface area contributed by atoms with Crippen molar-refractivity contribution in [2.75, 3.05) is 29.9 Å². The number of aryl methyl sites for hydroxylation is 1. The van der Waals surface area contributed by atoms with Gasteiger partial charge in [0.15, 0.2) is 0 Å². The summed E-state index contributed by atoms with van der Waals surface area (Å²) < 4.78 is 5.58. The second-order valence-corrected chi connectivity index (χ2v) is 6.17. The molecule has 1 aliphatic rings. The number of rotatable bonds is 6. The van der Waals surface area contributed by atoms with Crippen LogP contribution in [0.1, 0.15) is 35.8 Å². The van der Waals surface area contributed by atoms with Gasteiger partial charge >= 0.3 is 0 Å². The van der Waals surface area contributed by atoms with Crippen molar-refractivity contribution in [3.8, 4) is 0 Å². The van der Waals surface area contributed by atoms with E-state index in [4.69, 9.17) is 4.74 Å². The highest BCUT2D eigenvalue weighted by molar-refractivity contribution is 6.04. The molecule has 1 aromatic carbocycles. The molecule has 1 atom stereocenters. The van der Waals surface area contributed by atoms with Crippen molar-refractivity contribution in [1.82, 2.24) is 9.97 Å². The maximum absolute atomic E-state index is 12.9. The van der Waals surface area contributed by atoms with Gasteiger partial charge in [-0.05, 0) is 50.5 Å². The molecule has 2 heterocycles. The van der Waals surface area contributed by atoms with Crippen LogP contribution in [0.3, 0.4) is 0 Å². The zero-order valence-corrected chi connectivity index (χ0v) is 14.7. The summed E-state index contributed by atoms with van der Waals surface area (Å²) in [4.78, 5) is 23.2. The van der Waals surface area contributed by atoms with Gasteiger partial charge < -0.3 is 15.0 Å². The van der Waals surface area contributed by atoms with E-state index >= 15 is 0 Å². The third-order valence-electron chi connectivity index (χ3n) is 4.26. The van der Waals surface area contributed by atoms with Crippen LogP contribution in [0, 0.1) is 6.92 Å². The van der Waals surface area contributed by atoms with Gasteiger partial charge in [0.2, 0.25) is 5.95 Å². The van der Waals surface area contributed by atoms with Crippen molar-refractivity contribution in [3.63, 3.8) is 0 Å². The molecular weight excluding hydrogens is 316 g/mol. The SMILES string of the molecule is CCN(C(=O)c1ccnc(NCC2CCCO2)n1)c1cccc(C)c1. The number of nitrogens with zero attached hydrogens (tertiary/aromatic N) is 3. The standard InChI is InChI=1S/C19H24N4O2/c1-3-23(15-7-4-6-14(2)12-15)18(24)17-9-10-20-19(22-17)21-13-16-8-5-11-25-16/h4,6-7,9-10,12,16H,3,5,8,11,13H2,1-2H3,(H,20,21,22). The highest BCUT2D eigenvalue weighted by atomic mass is 16.5. The Hall–Kier alpha value is -2.47. The van der Waals surface area contributed by atoms with Crippen molar-refractivity contribution in [3.05, 3.63) is 47.8 Å². The Morgan fingerprint density at radius 2 is 2.28 bits per heavy atom. The summed E-state index contributed by atoms with van der Waals surface area (Å²) in [6, 6.07) is 9.55. The summed E-state index contributed by atoms with van der Waals surface area (Å²) >= 11 is 0. The summed E-state index contributed by atoms with van der Waals surface area (Å²) in [7, 11) is 0. The quantitative estimate of drug-likeness (QED) is 0.875. The van der Waals surface area contributed by atoms with E-state index in [2.05, 4.69) is 15.3 Å². The first-order valence-corrected chi connectivity index (χ1v) is 8.74. The normalized spacial score (nSPS) is 16.6. The van der Waals surface area contributed by atoms with Gasteiger partial charge in [0.1, 0.15) is 5.69 Å². The molecule has 1 aromatic heterocycles. The van der Waals surface area contributed by atoms with E-state index in [-0.39, 0.29) is 12.0 Å². The zero-order chi connectivity index (χ0) is 17.6. The second-order valence-electron chi connectivity index (χ2n) is 6.17. The van der Waals surface area contributed by atoms with Gasteiger partial charge in [-0.3, -0.25) is 4.79 Å². The first-order valence-electron chi connectivity index (χ1n) is 8.74. The molecule has 1 amide bonds. The summed E-state index contributed by atoms with van der Waals surface area (Å²) in [5, 5.41) is 3.17. The van der Waals surface area contributed by atoms with Gasteiger partial charge in [-0.15, -0.1) is 0 Å². The van der Waals surface area contributed by atoms with Crippen LogP contribution in [-0.2, 0) is 4.74 Å². The molecule has 2 aromatic rings. The molecule has 1 fully saturated rings. The number of benzene rings is 1. The van der Waals surface area contributed by atoms with Gasteiger partial charge in [-0.2, -0.15) is 0 Å². The molecule has 1 aliphatic heterocycles. The Labute approximate surface area is 148 Å². The van der Waals surface area contributed by atoms with E-state index in [0.29, 0.717) is 24.7 Å². The summed E-state index contributed by atoms with van der Waals surface area (Å²) in [5.41, 5.74) is 2.37. The second kappa shape index (κ2) is 8.07. The number of carbonyl (C=O) groups excluding carboxylic acids is 1. The number of aromatic nitrogens is 2. The third-order valence-corrected chi connectivity index (χ3v) is 4.26. The van der Waals surface area contributed by atoms with Crippen molar-refractivity contribution in [2.45, 2.75) is 32.8 Å². The summed E-state index contributed by atoms with van der Waals surface area (Å²) in [6.07, 6.45) is 3.95. The average Bonchev–Trinajstić information content (AvgIpc) is 3.14. The molecule has 0 saturated carbocycles. The fourth-order valence-corrected chi connectivity index (χ4v) is 2.95. The van der Waals surface area contributed by atoms with Crippen molar-refractivity contribution in [2.24, 2.45) is 0 Å². The third kappa shape index (κ3) is 4.33. The number of anilines is 2. The first kappa shape index (κ1) is 17.4. The molecule has 3 rings (SSSR count). The van der Waals surface area contributed by atoms with Crippen LogP contribution in [0.15, 0.2) is 36.5 Å². The van der Waals surface area contributed by atoms with Crippen molar-refractivity contribution < 1.29 is 9.53 Å². The summed E-state index contributed by atoms with van der Waals surface area (Å²) in [6.45, 7) is 6.02. The number of ether oxygens (including phenoxy) is 1. The zero-order valence-electron chi connectivity index (χ0n) is 14.7. The first-order chi connectivity index (χ1) is 12.2. The van der Waals surface area contributed by atoms with E-state index in [1.165, 1.54) is 0 Å². The lowest BCUT2D eigenvalue weighted by Gasteiger charge is -2.21. The Kier molecular flexibility index (Phi) is 5.60. The van der Waals surface area contributed by atoms with E-state index in [0.717, 1.165) is 30.7 Å². The van der Waals surface area contributed by atoms with E-state index in [1.54, 1.807) is 17.2 Å². The Balaban J connectivity index is 1.73. The molecule has 1 N–H and O–H groups in total. The predicted octanol–water partition coefficient (Wildman–Crippen LogP) is 3.04. The highest BCUT2D eigenvalue weighted by Gasteiger charge is 2.19. The van der Waals surface area contributed by atoms with Gasteiger partial charge in [0.05, 0.1) is 6.10 Å². The fraction of sp³-hybridized carbons (Fsp3) is 0.421. The number of nitrogens with one attached hydrogen (secondary N) is 1. The predicted molar refractivity (Wildman–Crippen MR) is 98.0 cm³/mol. The smallest absolute Gasteiger partial charge is 0.277 e. The molecule has 0 aliphatic carbocycles. The van der Waals surface area contributed by atoms with Gasteiger partial charge in [0, 0.05) is 31.6 Å². The van der Waals surface area contributed by atoms with E-state index < -0.39 is 0 Å². The highest BCUT2D eigenvalue weighted by Crippen LogP contribution is 2.18. The van der Waals surface area contributed by atoms with Crippen LogP contribution < -0.4 is 10.2 Å². The van der Waals surface area contributed by atoms with Crippen LogP contribution in [0.2, 0.25) is 0 Å². The largest absolute Gasteiger partial charge is 0.376 e. The van der Waals surface area contributed by atoms with Gasteiger partial charge in [0.25, 0.3) is 5.91 Å². The number of carbonyl (C=O) groups is 1. The maximum Gasteiger partial charge on any atom is 0.277 e. The average molecular weight is 340 g/mol. The Morgan fingerprint density at radius 1 is 1.40 bits per heavy atom. The maximum atomic E-state index is 12.9. The molecule has 0 bridgehead atoms. The topological polar surface area (TPSA) is 67.4 Å². The van der Waals surface area contributed by atoms with Crippen molar-refractivity contribution >= 4 is 17.5 Å².